The van der Waals surface area contributed by atoms with Gasteiger partial charge in [-0.3, -0.25) is 9.78 Å². The zero-order chi connectivity index (χ0) is 17.5. The van der Waals surface area contributed by atoms with Crippen LogP contribution in [0.25, 0.3) is 0 Å². The van der Waals surface area contributed by atoms with Gasteiger partial charge in [-0.05, 0) is 49.2 Å². The van der Waals surface area contributed by atoms with E-state index in [2.05, 4.69) is 22.2 Å². The number of H-pyrrole nitrogens is 1. The van der Waals surface area contributed by atoms with Gasteiger partial charge in [0.25, 0.3) is 5.56 Å². The highest BCUT2D eigenvalue weighted by Gasteiger charge is 2.03. The van der Waals surface area contributed by atoms with Crippen LogP contribution in [0.4, 0.5) is 11.6 Å². The standard InChI is InChI=1S/C20H21N3O2/c1-2-3-7-16-14-19(24)23-20(22-16)21-15-10-12-18(13-11-15)25-17-8-5-4-6-9-17/h4-6,8-14H,2-3,7H2,1H3,(H2,21,22,23,24). The summed E-state index contributed by atoms with van der Waals surface area (Å²) in [5.41, 5.74) is 1.49. The number of hydrogen-bond acceptors (Lipinski definition) is 4. The van der Waals surface area contributed by atoms with Gasteiger partial charge in [-0.2, -0.15) is 0 Å². The molecule has 128 valence electrons. The van der Waals surface area contributed by atoms with Gasteiger partial charge in [0.05, 0.1) is 0 Å². The molecule has 0 spiro atoms. The third-order valence-electron chi connectivity index (χ3n) is 3.68. The van der Waals surface area contributed by atoms with E-state index in [1.54, 1.807) is 6.07 Å². The fourth-order valence-corrected chi connectivity index (χ4v) is 2.42. The molecule has 0 fully saturated rings. The van der Waals surface area contributed by atoms with Crippen LogP contribution in [0.1, 0.15) is 25.5 Å². The Morgan fingerprint density at radius 2 is 1.76 bits per heavy atom. The Morgan fingerprint density at radius 3 is 2.48 bits per heavy atom. The first-order chi connectivity index (χ1) is 12.2. The van der Waals surface area contributed by atoms with Crippen LogP contribution in [-0.2, 0) is 6.42 Å². The van der Waals surface area contributed by atoms with Gasteiger partial charge >= 0.3 is 0 Å². The van der Waals surface area contributed by atoms with Gasteiger partial charge in [-0.1, -0.05) is 31.5 Å². The van der Waals surface area contributed by atoms with Crippen molar-refractivity contribution in [2.24, 2.45) is 0 Å². The van der Waals surface area contributed by atoms with Gasteiger partial charge in [0.2, 0.25) is 5.95 Å². The summed E-state index contributed by atoms with van der Waals surface area (Å²) >= 11 is 0. The quantitative estimate of drug-likeness (QED) is 0.659. The summed E-state index contributed by atoms with van der Waals surface area (Å²) < 4.78 is 5.76. The van der Waals surface area contributed by atoms with E-state index in [1.807, 2.05) is 54.6 Å². The average molecular weight is 335 g/mol. The number of para-hydroxylation sites is 1. The number of anilines is 2. The van der Waals surface area contributed by atoms with Gasteiger partial charge in [0.1, 0.15) is 11.5 Å². The number of aromatic amines is 1. The maximum Gasteiger partial charge on any atom is 0.252 e. The highest BCUT2D eigenvalue weighted by molar-refractivity contribution is 5.54. The average Bonchev–Trinajstić information content (AvgIpc) is 2.62. The summed E-state index contributed by atoms with van der Waals surface area (Å²) in [6, 6.07) is 18.7. The Kier molecular flexibility index (Phi) is 5.46. The lowest BCUT2D eigenvalue weighted by Gasteiger charge is -2.09. The van der Waals surface area contributed by atoms with Crippen LogP contribution in [0.15, 0.2) is 65.5 Å². The molecule has 0 radical (unpaired) electrons. The van der Waals surface area contributed by atoms with E-state index in [0.29, 0.717) is 5.95 Å². The molecule has 0 amide bonds. The first kappa shape index (κ1) is 16.8. The molecule has 0 aliphatic rings. The number of hydrogen-bond donors (Lipinski definition) is 2. The Hall–Kier alpha value is -3.08. The molecule has 0 bridgehead atoms. The third kappa shape index (κ3) is 4.94. The molecule has 3 rings (SSSR count). The van der Waals surface area contributed by atoms with Crippen LogP contribution in [0.3, 0.4) is 0 Å². The maximum absolute atomic E-state index is 11.8. The minimum atomic E-state index is -0.146. The predicted octanol–water partition coefficient (Wildman–Crippen LogP) is 4.65. The molecule has 0 saturated heterocycles. The van der Waals surface area contributed by atoms with E-state index in [9.17, 15) is 4.79 Å². The van der Waals surface area contributed by atoms with Crippen LogP contribution in [0.2, 0.25) is 0 Å². The van der Waals surface area contributed by atoms with Crippen molar-refractivity contribution in [2.75, 3.05) is 5.32 Å². The summed E-state index contributed by atoms with van der Waals surface area (Å²) in [6.07, 6.45) is 2.89. The minimum absolute atomic E-state index is 0.146. The lowest BCUT2D eigenvalue weighted by atomic mass is 10.2. The maximum atomic E-state index is 11.8. The molecule has 5 heteroatoms. The Labute approximate surface area is 146 Å². The van der Waals surface area contributed by atoms with Gasteiger partial charge in [-0.25, -0.2) is 4.98 Å². The number of aryl methyl sites for hydroxylation is 1. The zero-order valence-electron chi connectivity index (χ0n) is 14.2. The summed E-state index contributed by atoms with van der Waals surface area (Å²) in [6.45, 7) is 2.12. The van der Waals surface area contributed by atoms with Crippen LogP contribution in [0, 0.1) is 0 Å². The number of unbranched alkanes of at least 4 members (excludes halogenated alkanes) is 1. The number of ether oxygens (including phenoxy) is 1. The molecular formula is C20H21N3O2. The second-order valence-electron chi connectivity index (χ2n) is 5.75. The normalized spacial score (nSPS) is 10.4. The van der Waals surface area contributed by atoms with Gasteiger partial charge in [-0.15, -0.1) is 0 Å². The molecule has 1 aromatic heterocycles. The summed E-state index contributed by atoms with van der Waals surface area (Å²) in [7, 11) is 0. The number of nitrogens with zero attached hydrogens (tertiary/aromatic N) is 1. The Morgan fingerprint density at radius 1 is 1.04 bits per heavy atom. The van der Waals surface area contributed by atoms with Crippen LogP contribution >= 0.6 is 0 Å². The second kappa shape index (κ2) is 8.15. The molecule has 0 unspecified atom stereocenters. The van der Waals surface area contributed by atoms with Crippen LogP contribution in [-0.4, -0.2) is 9.97 Å². The van der Waals surface area contributed by atoms with Crippen LogP contribution in [0.5, 0.6) is 11.5 Å². The Bertz CT molecular complexity index is 858. The highest BCUT2D eigenvalue weighted by Crippen LogP contribution is 2.23. The monoisotopic (exact) mass is 335 g/mol. The molecule has 0 aliphatic carbocycles. The molecule has 0 saturated carbocycles. The predicted molar refractivity (Wildman–Crippen MR) is 99.7 cm³/mol. The van der Waals surface area contributed by atoms with Crippen LogP contribution < -0.4 is 15.6 Å². The van der Waals surface area contributed by atoms with E-state index >= 15 is 0 Å². The fourth-order valence-electron chi connectivity index (χ4n) is 2.42. The molecule has 3 aromatic rings. The molecule has 1 heterocycles. The first-order valence-electron chi connectivity index (χ1n) is 8.43. The highest BCUT2D eigenvalue weighted by atomic mass is 16.5. The Balaban J connectivity index is 1.69. The minimum Gasteiger partial charge on any atom is -0.457 e. The lowest BCUT2D eigenvalue weighted by Crippen LogP contribution is -2.12. The van der Waals surface area contributed by atoms with Crippen molar-refractivity contribution in [3.05, 3.63) is 76.7 Å². The summed E-state index contributed by atoms with van der Waals surface area (Å²) in [5.74, 6) is 1.99. The molecular weight excluding hydrogens is 314 g/mol. The number of rotatable bonds is 7. The van der Waals surface area contributed by atoms with Gasteiger partial charge in [0, 0.05) is 17.4 Å². The van der Waals surface area contributed by atoms with E-state index in [1.165, 1.54) is 0 Å². The van der Waals surface area contributed by atoms with E-state index in [4.69, 9.17) is 4.74 Å². The summed E-state index contributed by atoms with van der Waals surface area (Å²) in [4.78, 5) is 18.9. The molecule has 0 atom stereocenters. The number of benzene rings is 2. The molecule has 2 N–H and O–H groups in total. The second-order valence-corrected chi connectivity index (χ2v) is 5.75. The van der Waals surface area contributed by atoms with Crippen molar-refractivity contribution in [1.82, 2.24) is 9.97 Å². The molecule has 5 nitrogen and oxygen atoms in total. The SMILES string of the molecule is CCCCc1cc(=O)[nH]c(Nc2ccc(Oc3ccccc3)cc2)n1. The molecule has 0 aliphatic heterocycles. The van der Waals surface area contributed by atoms with Crippen molar-refractivity contribution in [2.45, 2.75) is 26.2 Å². The van der Waals surface area contributed by atoms with Crippen molar-refractivity contribution < 1.29 is 4.74 Å². The smallest absolute Gasteiger partial charge is 0.252 e. The largest absolute Gasteiger partial charge is 0.457 e. The fraction of sp³-hybridized carbons (Fsp3) is 0.200. The number of aromatic nitrogens is 2. The van der Waals surface area contributed by atoms with Crippen molar-refractivity contribution in [3.8, 4) is 11.5 Å². The zero-order valence-corrected chi connectivity index (χ0v) is 14.2. The van der Waals surface area contributed by atoms with E-state index in [0.717, 1.165) is 42.1 Å². The van der Waals surface area contributed by atoms with Crippen molar-refractivity contribution in [3.63, 3.8) is 0 Å². The lowest BCUT2D eigenvalue weighted by molar-refractivity contribution is 0.483. The van der Waals surface area contributed by atoms with Gasteiger partial charge in [0.15, 0.2) is 0 Å². The van der Waals surface area contributed by atoms with E-state index in [-0.39, 0.29) is 5.56 Å². The molecule has 2 aromatic carbocycles. The van der Waals surface area contributed by atoms with Gasteiger partial charge < -0.3 is 10.1 Å². The molecule has 25 heavy (non-hydrogen) atoms. The third-order valence-corrected chi connectivity index (χ3v) is 3.68. The van der Waals surface area contributed by atoms with Crippen molar-refractivity contribution >= 4 is 11.6 Å². The number of nitrogens with one attached hydrogen (secondary N) is 2. The topological polar surface area (TPSA) is 67.0 Å². The summed E-state index contributed by atoms with van der Waals surface area (Å²) in [5, 5.41) is 3.13. The first-order valence-corrected chi connectivity index (χ1v) is 8.43. The van der Waals surface area contributed by atoms with Crippen molar-refractivity contribution in [1.29, 1.82) is 0 Å². The van der Waals surface area contributed by atoms with E-state index < -0.39 is 0 Å².